The van der Waals surface area contributed by atoms with Crippen LogP contribution in [0.3, 0.4) is 0 Å². The van der Waals surface area contributed by atoms with Gasteiger partial charge in [0.25, 0.3) is 0 Å². The number of carbonyl (C=O) groups excluding carboxylic acids is 2. The highest BCUT2D eigenvalue weighted by Crippen LogP contribution is 2.28. The van der Waals surface area contributed by atoms with Gasteiger partial charge in [-0.15, -0.1) is 0 Å². The Morgan fingerprint density at radius 1 is 1.06 bits per heavy atom. The van der Waals surface area contributed by atoms with Crippen molar-refractivity contribution >= 4 is 35.0 Å². The van der Waals surface area contributed by atoms with E-state index in [1.54, 1.807) is 23.1 Å². The SMILES string of the molecule is CC[C@H](C(=O)NC1CCCC1)N(Cc1c(Cl)cccc1Cl)C(=O)Cc1ccc(C)c(C)c1. The fourth-order valence-corrected chi connectivity index (χ4v) is 4.85. The number of rotatable bonds is 8. The fraction of sp³-hybridized carbons (Fsp3) is 0.462. The van der Waals surface area contributed by atoms with Gasteiger partial charge >= 0.3 is 0 Å². The molecule has 0 heterocycles. The van der Waals surface area contributed by atoms with Crippen molar-refractivity contribution in [1.82, 2.24) is 10.2 Å². The molecular formula is C26H32Cl2N2O2. The zero-order valence-electron chi connectivity index (χ0n) is 19.1. The van der Waals surface area contributed by atoms with E-state index in [9.17, 15) is 9.59 Å². The molecule has 1 aliphatic carbocycles. The first-order chi connectivity index (χ1) is 15.3. The van der Waals surface area contributed by atoms with Gasteiger partial charge in [-0.25, -0.2) is 0 Å². The molecule has 4 nitrogen and oxygen atoms in total. The van der Waals surface area contributed by atoms with Crippen LogP contribution in [-0.2, 0) is 22.6 Å². The zero-order valence-corrected chi connectivity index (χ0v) is 20.6. The molecule has 0 aromatic heterocycles. The van der Waals surface area contributed by atoms with E-state index in [2.05, 4.69) is 5.32 Å². The quantitative estimate of drug-likeness (QED) is 0.508. The summed E-state index contributed by atoms with van der Waals surface area (Å²) in [6, 6.07) is 10.9. The molecular weight excluding hydrogens is 443 g/mol. The molecule has 0 bridgehead atoms. The number of aryl methyl sites for hydroxylation is 2. The number of hydrogen-bond acceptors (Lipinski definition) is 2. The van der Waals surface area contributed by atoms with E-state index in [1.165, 1.54) is 5.56 Å². The number of amides is 2. The summed E-state index contributed by atoms with van der Waals surface area (Å²) in [5, 5.41) is 4.15. The molecule has 172 valence electrons. The molecule has 32 heavy (non-hydrogen) atoms. The van der Waals surface area contributed by atoms with Gasteiger partial charge in [-0.05, 0) is 61.9 Å². The van der Waals surface area contributed by atoms with Crippen LogP contribution in [0, 0.1) is 13.8 Å². The topological polar surface area (TPSA) is 49.4 Å². The Balaban J connectivity index is 1.88. The third kappa shape index (κ3) is 6.05. The van der Waals surface area contributed by atoms with E-state index in [0.717, 1.165) is 36.8 Å². The normalized spacial score (nSPS) is 14.9. The highest BCUT2D eigenvalue weighted by Gasteiger charge is 2.31. The third-order valence-electron chi connectivity index (χ3n) is 6.40. The van der Waals surface area contributed by atoms with E-state index in [4.69, 9.17) is 23.2 Å². The number of halogens is 2. The zero-order chi connectivity index (χ0) is 23.3. The third-order valence-corrected chi connectivity index (χ3v) is 7.11. The molecule has 0 aliphatic heterocycles. The van der Waals surface area contributed by atoms with E-state index < -0.39 is 6.04 Å². The minimum atomic E-state index is -0.581. The summed E-state index contributed by atoms with van der Waals surface area (Å²) in [4.78, 5) is 28.4. The summed E-state index contributed by atoms with van der Waals surface area (Å²) in [7, 11) is 0. The Bertz CT molecular complexity index is 950. The Morgan fingerprint density at radius 3 is 2.31 bits per heavy atom. The first-order valence-corrected chi connectivity index (χ1v) is 12.1. The summed E-state index contributed by atoms with van der Waals surface area (Å²) in [5.74, 6) is -0.214. The molecule has 1 atom stereocenters. The van der Waals surface area contributed by atoms with Crippen molar-refractivity contribution in [2.24, 2.45) is 0 Å². The number of benzene rings is 2. The predicted molar refractivity (Wildman–Crippen MR) is 131 cm³/mol. The van der Waals surface area contributed by atoms with Crippen molar-refractivity contribution in [2.75, 3.05) is 0 Å². The van der Waals surface area contributed by atoms with Crippen molar-refractivity contribution in [2.45, 2.75) is 77.9 Å². The monoisotopic (exact) mass is 474 g/mol. The highest BCUT2D eigenvalue weighted by atomic mass is 35.5. The van der Waals surface area contributed by atoms with Gasteiger partial charge in [0, 0.05) is 28.2 Å². The Morgan fingerprint density at radius 2 is 1.72 bits per heavy atom. The van der Waals surface area contributed by atoms with Crippen LogP contribution >= 0.6 is 23.2 Å². The minimum absolute atomic E-state index is 0.101. The van der Waals surface area contributed by atoms with Gasteiger partial charge in [0.15, 0.2) is 0 Å². The van der Waals surface area contributed by atoms with Crippen LogP contribution in [0.4, 0.5) is 0 Å². The highest BCUT2D eigenvalue weighted by molar-refractivity contribution is 6.36. The van der Waals surface area contributed by atoms with E-state index in [1.807, 2.05) is 39.0 Å². The molecule has 0 saturated heterocycles. The Hall–Kier alpha value is -2.04. The Labute approximate surface area is 201 Å². The molecule has 0 unspecified atom stereocenters. The van der Waals surface area contributed by atoms with Crippen LogP contribution < -0.4 is 5.32 Å². The lowest BCUT2D eigenvalue weighted by Gasteiger charge is -2.32. The maximum atomic E-state index is 13.5. The second kappa shape index (κ2) is 11.2. The summed E-state index contributed by atoms with van der Waals surface area (Å²) in [6.07, 6.45) is 4.98. The average molecular weight is 475 g/mol. The average Bonchev–Trinajstić information content (AvgIpc) is 3.25. The molecule has 1 saturated carbocycles. The van der Waals surface area contributed by atoms with Gasteiger partial charge in [0.05, 0.1) is 6.42 Å². The van der Waals surface area contributed by atoms with Gasteiger partial charge in [0.2, 0.25) is 11.8 Å². The number of nitrogens with one attached hydrogen (secondary N) is 1. The van der Waals surface area contributed by atoms with E-state index >= 15 is 0 Å². The molecule has 2 amide bonds. The number of carbonyl (C=O) groups is 2. The largest absolute Gasteiger partial charge is 0.352 e. The predicted octanol–water partition coefficient (Wildman–Crippen LogP) is 6.02. The van der Waals surface area contributed by atoms with Gasteiger partial charge < -0.3 is 10.2 Å². The number of nitrogens with zero attached hydrogens (tertiary/aromatic N) is 1. The fourth-order valence-electron chi connectivity index (χ4n) is 4.33. The van der Waals surface area contributed by atoms with Gasteiger partial charge in [-0.2, -0.15) is 0 Å². The summed E-state index contributed by atoms with van der Waals surface area (Å²) in [6.45, 7) is 6.21. The van der Waals surface area contributed by atoms with Crippen LogP contribution in [0.2, 0.25) is 10.0 Å². The smallest absolute Gasteiger partial charge is 0.243 e. The molecule has 1 aliphatic rings. The number of hydrogen-bond donors (Lipinski definition) is 1. The van der Waals surface area contributed by atoms with Crippen LogP contribution in [0.5, 0.6) is 0 Å². The van der Waals surface area contributed by atoms with Crippen molar-refractivity contribution in [3.63, 3.8) is 0 Å². The van der Waals surface area contributed by atoms with Crippen LogP contribution in [0.1, 0.15) is 61.3 Å². The van der Waals surface area contributed by atoms with Crippen LogP contribution in [0.25, 0.3) is 0 Å². The molecule has 2 aromatic rings. The molecule has 1 fully saturated rings. The van der Waals surface area contributed by atoms with Crippen LogP contribution in [0.15, 0.2) is 36.4 Å². The summed E-state index contributed by atoms with van der Waals surface area (Å²) in [5.41, 5.74) is 3.92. The molecule has 0 radical (unpaired) electrons. The Kier molecular flexibility index (Phi) is 8.61. The van der Waals surface area contributed by atoms with Gasteiger partial charge in [0.1, 0.15) is 6.04 Å². The van der Waals surface area contributed by atoms with E-state index in [-0.39, 0.29) is 30.8 Å². The molecule has 2 aromatic carbocycles. The first-order valence-electron chi connectivity index (χ1n) is 11.4. The summed E-state index contributed by atoms with van der Waals surface area (Å²) < 4.78 is 0. The molecule has 6 heteroatoms. The summed E-state index contributed by atoms with van der Waals surface area (Å²) >= 11 is 12.8. The van der Waals surface area contributed by atoms with Crippen LogP contribution in [-0.4, -0.2) is 28.8 Å². The van der Waals surface area contributed by atoms with Gasteiger partial charge in [-0.1, -0.05) is 67.2 Å². The lowest BCUT2D eigenvalue weighted by molar-refractivity contribution is -0.141. The van der Waals surface area contributed by atoms with Gasteiger partial charge in [-0.3, -0.25) is 9.59 Å². The van der Waals surface area contributed by atoms with Crippen molar-refractivity contribution in [3.05, 3.63) is 68.7 Å². The second-order valence-electron chi connectivity index (χ2n) is 8.73. The molecule has 1 N–H and O–H groups in total. The maximum absolute atomic E-state index is 13.5. The molecule has 0 spiro atoms. The lowest BCUT2D eigenvalue weighted by atomic mass is 10.0. The standard InChI is InChI=1S/C26H32Cl2N2O2/c1-4-24(26(32)29-20-8-5-6-9-20)30(16-21-22(27)10-7-11-23(21)28)25(31)15-19-13-12-17(2)18(3)14-19/h7,10-14,20,24H,4-6,8-9,15-16H2,1-3H3,(H,29,32)/t24-/m1/s1. The van der Waals surface area contributed by atoms with Crippen molar-refractivity contribution < 1.29 is 9.59 Å². The second-order valence-corrected chi connectivity index (χ2v) is 9.55. The van der Waals surface area contributed by atoms with Crippen molar-refractivity contribution in [1.29, 1.82) is 0 Å². The van der Waals surface area contributed by atoms with Crippen molar-refractivity contribution in [3.8, 4) is 0 Å². The maximum Gasteiger partial charge on any atom is 0.243 e. The molecule has 3 rings (SSSR count). The first kappa shape index (κ1) is 24.6. The lowest BCUT2D eigenvalue weighted by Crippen LogP contribution is -2.51. The minimum Gasteiger partial charge on any atom is -0.352 e. The van der Waals surface area contributed by atoms with E-state index in [0.29, 0.717) is 22.0 Å².